The number of aromatic nitrogens is 2. The summed E-state index contributed by atoms with van der Waals surface area (Å²) in [6, 6.07) is 0.390. The summed E-state index contributed by atoms with van der Waals surface area (Å²) in [5.74, 6) is 1.53. The molecule has 0 saturated heterocycles. The number of hydrogen-bond donors (Lipinski definition) is 1. The minimum absolute atomic E-state index is 0.390. The van der Waals surface area contributed by atoms with Crippen LogP contribution < -0.4 is 5.32 Å². The van der Waals surface area contributed by atoms with Gasteiger partial charge in [-0.15, -0.1) is 0 Å². The van der Waals surface area contributed by atoms with Crippen molar-refractivity contribution in [3.05, 3.63) is 11.9 Å². The molecule has 0 fully saturated rings. The number of anilines is 1. The van der Waals surface area contributed by atoms with Crippen LogP contribution in [0.2, 0.25) is 0 Å². The van der Waals surface area contributed by atoms with Gasteiger partial charge in [-0.1, -0.05) is 0 Å². The fraction of sp³-hybridized carbons (Fsp3) is 0.700. The zero-order valence-electron chi connectivity index (χ0n) is 9.78. The zero-order chi connectivity index (χ0) is 11.4. The summed E-state index contributed by atoms with van der Waals surface area (Å²) in [7, 11) is -0.749. The molecule has 1 aromatic rings. The van der Waals surface area contributed by atoms with E-state index in [1.807, 2.05) is 13.1 Å². The number of imidazole rings is 1. The largest absolute Gasteiger partial charge is 0.355 e. The first-order valence-corrected chi connectivity index (χ1v) is 6.82. The molecule has 1 N–H and O–H groups in total. The molecule has 0 aliphatic heterocycles. The second kappa shape index (κ2) is 5.30. The molecular formula is C10H19N3OS. The summed E-state index contributed by atoms with van der Waals surface area (Å²) < 4.78 is 13.0. The van der Waals surface area contributed by atoms with E-state index >= 15 is 0 Å². The first-order valence-electron chi connectivity index (χ1n) is 5.10. The monoisotopic (exact) mass is 229 g/mol. The smallest absolute Gasteiger partial charge is 0.203 e. The predicted molar refractivity (Wildman–Crippen MR) is 64.8 cm³/mol. The van der Waals surface area contributed by atoms with Crippen molar-refractivity contribution in [3.8, 4) is 0 Å². The van der Waals surface area contributed by atoms with Crippen molar-refractivity contribution in [2.45, 2.75) is 26.8 Å². The van der Waals surface area contributed by atoms with Crippen molar-refractivity contribution < 1.29 is 4.21 Å². The van der Waals surface area contributed by atoms with E-state index in [9.17, 15) is 4.21 Å². The van der Waals surface area contributed by atoms with Crippen molar-refractivity contribution in [2.24, 2.45) is 0 Å². The van der Waals surface area contributed by atoms with Gasteiger partial charge in [0.25, 0.3) is 0 Å². The van der Waals surface area contributed by atoms with Crippen molar-refractivity contribution in [1.82, 2.24) is 9.55 Å². The molecule has 5 heteroatoms. The molecule has 0 amide bonds. The molecule has 0 bridgehead atoms. The first kappa shape index (κ1) is 12.2. The SMILES string of the molecule is Cc1cn(C(C)C)c(NCCS(C)=O)n1. The minimum atomic E-state index is -0.749. The lowest BCUT2D eigenvalue weighted by atomic mass is 10.4. The summed E-state index contributed by atoms with van der Waals surface area (Å²) in [5, 5.41) is 3.21. The average Bonchev–Trinajstić information content (AvgIpc) is 2.46. The van der Waals surface area contributed by atoms with Crippen LogP contribution in [0, 0.1) is 6.92 Å². The van der Waals surface area contributed by atoms with Crippen LogP contribution in [-0.4, -0.2) is 32.3 Å². The summed E-state index contributed by atoms with van der Waals surface area (Å²) in [5.41, 5.74) is 1.00. The number of nitrogens with zero attached hydrogens (tertiary/aromatic N) is 2. The second-order valence-electron chi connectivity index (χ2n) is 3.91. The minimum Gasteiger partial charge on any atom is -0.355 e. The lowest BCUT2D eigenvalue weighted by molar-refractivity contribution is 0.605. The van der Waals surface area contributed by atoms with Crippen molar-refractivity contribution in [1.29, 1.82) is 0 Å². The maximum absolute atomic E-state index is 10.9. The molecule has 0 saturated carbocycles. The third-order valence-electron chi connectivity index (χ3n) is 2.08. The predicted octanol–water partition coefficient (Wildman–Crippen LogP) is 1.56. The van der Waals surface area contributed by atoms with E-state index in [4.69, 9.17) is 0 Å². The molecule has 0 aliphatic carbocycles. The van der Waals surface area contributed by atoms with Crippen LogP contribution in [0.3, 0.4) is 0 Å². The molecule has 86 valence electrons. The Morgan fingerprint density at radius 3 is 2.80 bits per heavy atom. The van der Waals surface area contributed by atoms with E-state index in [1.165, 1.54) is 0 Å². The molecule has 1 heterocycles. The van der Waals surface area contributed by atoms with Gasteiger partial charge in [0, 0.05) is 41.6 Å². The van der Waals surface area contributed by atoms with Gasteiger partial charge in [-0.3, -0.25) is 4.21 Å². The quantitative estimate of drug-likeness (QED) is 0.833. The highest BCUT2D eigenvalue weighted by molar-refractivity contribution is 7.84. The Labute approximate surface area is 93.5 Å². The van der Waals surface area contributed by atoms with Gasteiger partial charge < -0.3 is 9.88 Å². The van der Waals surface area contributed by atoms with Gasteiger partial charge in [-0.05, 0) is 20.8 Å². The maximum Gasteiger partial charge on any atom is 0.203 e. The van der Waals surface area contributed by atoms with Crippen molar-refractivity contribution in [3.63, 3.8) is 0 Å². The third-order valence-corrected chi connectivity index (χ3v) is 2.86. The van der Waals surface area contributed by atoms with Crippen molar-refractivity contribution in [2.75, 3.05) is 23.9 Å². The summed E-state index contributed by atoms with van der Waals surface area (Å²) in [6.45, 7) is 6.91. The van der Waals surface area contributed by atoms with E-state index in [0.29, 0.717) is 18.3 Å². The van der Waals surface area contributed by atoms with Crippen LogP contribution in [0.4, 0.5) is 5.95 Å². The fourth-order valence-corrected chi connectivity index (χ4v) is 1.74. The van der Waals surface area contributed by atoms with Crippen LogP contribution in [0.25, 0.3) is 0 Å². The Hall–Kier alpha value is -0.840. The maximum atomic E-state index is 10.9. The molecule has 1 rings (SSSR count). The summed E-state index contributed by atoms with van der Waals surface area (Å²) >= 11 is 0. The Kier molecular flexibility index (Phi) is 4.32. The molecule has 0 radical (unpaired) electrons. The number of hydrogen-bond acceptors (Lipinski definition) is 3. The van der Waals surface area contributed by atoms with Gasteiger partial charge in [0.1, 0.15) is 0 Å². The molecule has 1 unspecified atom stereocenters. The van der Waals surface area contributed by atoms with E-state index in [1.54, 1.807) is 6.26 Å². The van der Waals surface area contributed by atoms with Gasteiger partial charge in [0.15, 0.2) is 0 Å². The average molecular weight is 229 g/mol. The van der Waals surface area contributed by atoms with Gasteiger partial charge in [-0.2, -0.15) is 0 Å². The van der Waals surface area contributed by atoms with E-state index in [-0.39, 0.29) is 0 Å². The molecule has 1 aromatic heterocycles. The highest BCUT2D eigenvalue weighted by atomic mass is 32.2. The van der Waals surface area contributed by atoms with Crippen LogP contribution in [0.5, 0.6) is 0 Å². The number of rotatable bonds is 5. The van der Waals surface area contributed by atoms with Crippen LogP contribution in [-0.2, 0) is 10.8 Å². The molecule has 0 aliphatic rings. The first-order chi connectivity index (χ1) is 7.00. The normalized spacial score (nSPS) is 13.1. The highest BCUT2D eigenvalue weighted by Gasteiger charge is 2.07. The fourth-order valence-electron chi connectivity index (χ4n) is 1.35. The van der Waals surface area contributed by atoms with Gasteiger partial charge in [0.05, 0.1) is 5.69 Å². The second-order valence-corrected chi connectivity index (χ2v) is 5.47. The standard InChI is InChI=1S/C10H19N3OS/c1-8(2)13-7-9(3)12-10(13)11-5-6-15(4)14/h7-8H,5-6H2,1-4H3,(H,11,12). The topological polar surface area (TPSA) is 46.9 Å². The summed E-state index contributed by atoms with van der Waals surface area (Å²) in [6.07, 6.45) is 3.73. The molecule has 0 aromatic carbocycles. The van der Waals surface area contributed by atoms with Crippen molar-refractivity contribution >= 4 is 16.7 Å². The van der Waals surface area contributed by atoms with Crippen LogP contribution in [0.1, 0.15) is 25.6 Å². The van der Waals surface area contributed by atoms with Gasteiger partial charge in [0.2, 0.25) is 5.95 Å². The zero-order valence-corrected chi connectivity index (χ0v) is 10.6. The van der Waals surface area contributed by atoms with E-state index in [0.717, 1.165) is 11.6 Å². The van der Waals surface area contributed by atoms with Crippen LogP contribution >= 0.6 is 0 Å². The lowest BCUT2D eigenvalue weighted by Crippen LogP contribution is -2.14. The molecule has 4 nitrogen and oxygen atoms in total. The van der Waals surface area contributed by atoms with Crippen LogP contribution in [0.15, 0.2) is 6.20 Å². The molecule has 15 heavy (non-hydrogen) atoms. The molecule has 0 spiro atoms. The molecular weight excluding hydrogens is 210 g/mol. The number of aryl methyl sites for hydroxylation is 1. The highest BCUT2D eigenvalue weighted by Crippen LogP contribution is 2.14. The Balaban J connectivity index is 2.63. The Bertz CT molecular complexity index is 346. The van der Waals surface area contributed by atoms with Gasteiger partial charge in [-0.25, -0.2) is 4.98 Å². The Morgan fingerprint density at radius 2 is 2.27 bits per heavy atom. The lowest BCUT2D eigenvalue weighted by Gasteiger charge is -2.12. The molecule has 1 atom stereocenters. The third kappa shape index (κ3) is 3.66. The Morgan fingerprint density at radius 1 is 1.60 bits per heavy atom. The van der Waals surface area contributed by atoms with E-state index < -0.39 is 10.8 Å². The summed E-state index contributed by atoms with van der Waals surface area (Å²) in [4.78, 5) is 4.38. The van der Waals surface area contributed by atoms with E-state index in [2.05, 4.69) is 28.7 Å². The number of nitrogens with one attached hydrogen (secondary N) is 1. The van der Waals surface area contributed by atoms with Gasteiger partial charge >= 0.3 is 0 Å².